The van der Waals surface area contributed by atoms with Crippen LogP contribution in [0.25, 0.3) is 0 Å². The summed E-state index contributed by atoms with van der Waals surface area (Å²) in [7, 11) is 0. The Balaban J connectivity index is 4.81. The smallest absolute Gasteiger partial charge is 0.309 e. The zero-order valence-electron chi connectivity index (χ0n) is 27.6. The van der Waals surface area contributed by atoms with Gasteiger partial charge >= 0.3 is 11.9 Å². The number of aliphatic carboxylic acids is 2. The molecular formula is C36H70O4. The third kappa shape index (κ3) is 17.7. The molecule has 0 aliphatic carbocycles. The van der Waals surface area contributed by atoms with Crippen molar-refractivity contribution in [3.8, 4) is 0 Å². The lowest BCUT2D eigenvalue weighted by Gasteiger charge is -2.42. The molecule has 0 heterocycles. The molecule has 0 aromatic rings. The van der Waals surface area contributed by atoms with E-state index in [1.54, 1.807) is 0 Å². The van der Waals surface area contributed by atoms with Gasteiger partial charge in [-0.15, -0.1) is 0 Å². The van der Waals surface area contributed by atoms with Crippen LogP contribution in [0, 0.1) is 23.2 Å². The zero-order chi connectivity index (χ0) is 30.1. The highest BCUT2D eigenvalue weighted by molar-refractivity contribution is 5.75. The van der Waals surface area contributed by atoms with Gasteiger partial charge in [-0.25, -0.2) is 0 Å². The number of carboxylic acids is 2. The number of carbonyl (C=O) groups is 2. The van der Waals surface area contributed by atoms with Gasteiger partial charge in [0.25, 0.3) is 0 Å². The Morgan fingerprint density at radius 2 is 0.925 bits per heavy atom. The van der Waals surface area contributed by atoms with Crippen molar-refractivity contribution in [2.24, 2.45) is 23.2 Å². The third-order valence-electron chi connectivity index (χ3n) is 9.79. The predicted molar refractivity (Wildman–Crippen MR) is 172 cm³/mol. The first-order valence-electron chi connectivity index (χ1n) is 17.8. The highest BCUT2D eigenvalue weighted by atomic mass is 16.4. The molecule has 3 unspecified atom stereocenters. The molecule has 0 aliphatic rings. The first-order valence-corrected chi connectivity index (χ1v) is 17.8. The summed E-state index contributed by atoms with van der Waals surface area (Å²) in [6.07, 6.45) is 27.9. The molecule has 4 heteroatoms. The largest absolute Gasteiger partial charge is 0.481 e. The summed E-state index contributed by atoms with van der Waals surface area (Å²) >= 11 is 0. The zero-order valence-corrected chi connectivity index (χ0v) is 27.6. The van der Waals surface area contributed by atoms with Crippen LogP contribution in [0.4, 0.5) is 0 Å². The maximum atomic E-state index is 13.2. The lowest BCUT2D eigenvalue weighted by atomic mass is 9.61. The summed E-state index contributed by atoms with van der Waals surface area (Å²) in [5.41, 5.74) is -0.564. The van der Waals surface area contributed by atoms with Crippen molar-refractivity contribution in [2.45, 2.75) is 195 Å². The summed E-state index contributed by atoms with van der Waals surface area (Å²) in [6, 6.07) is 0. The van der Waals surface area contributed by atoms with Crippen molar-refractivity contribution in [1.82, 2.24) is 0 Å². The van der Waals surface area contributed by atoms with Crippen molar-refractivity contribution in [1.29, 1.82) is 0 Å². The lowest BCUT2D eigenvalue weighted by molar-refractivity contribution is -0.157. The molecule has 0 aliphatic heterocycles. The Hall–Kier alpha value is -1.06. The van der Waals surface area contributed by atoms with E-state index >= 15 is 0 Å². The second kappa shape index (κ2) is 25.6. The van der Waals surface area contributed by atoms with Gasteiger partial charge in [-0.2, -0.15) is 0 Å². The minimum absolute atomic E-state index is 0.284. The second-order valence-corrected chi connectivity index (χ2v) is 13.0. The van der Waals surface area contributed by atoms with Gasteiger partial charge in [-0.05, 0) is 43.4 Å². The Labute approximate surface area is 249 Å². The fourth-order valence-corrected chi connectivity index (χ4v) is 6.99. The minimum atomic E-state index is -0.675. The van der Waals surface area contributed by atoms with Crippen molar-refractivity contribution in [3.63, 3.8) is 0 Å². The molecule has 0 amide bonds. The Morgan fingerprint density at radius 3 is 1.25 bits per heavy atom. The van der Waals surface area contributed by atoms with Crippen LogP contribution >= 0.6 is 0 Å². The SMILES string of the molecule is CCCCC(CC)CC(CC(CC)CCCC)(C(=O)O)C(CC)CCCCCCCCCCCCCCC(=O)O. The molecule has 238 valence electrons. The van der Waals surface area contributed by atoms with Crippen LogP contribution in [0.2, 0.25) is 0 Å². The number of hydrogen-bond acceptors (Lipinski definition) is 2. The highest BCUT2D eigenvalue weighted by Gasteiger charge is 2.46. The van der Waals surface area contributed by atoms with Gasteiger partial charge in [0.2, 0.25) is 0 Å². The van der Waals surface area contributed by atoms with Gasteiger partial charge in [-0.1, -0.05) is 163 Å². The van der Waals surface area contributed by atoms with Gasteiger partial charge in [0.1, 0.15) is 0 Å². The average molecular weight is 567 g/mol. The van der Waals surface area contributed by atoms with Gasteiger partial charge in [-0.3, -0.25) is 9.59 Å². The van der Waals surface area contributed by atoms with Crippen LogP contribution in [0.5, 0.6) is 0 Å². The molecule has 2 N–H and O–H groups in total. The summed E-state index contributed by atoms with van der Waals surface area (Å²) in [5, 5.41) is 19.6. The monoisotopic (exact) mass is 567 g/mol. The van der Waals surface area contributed by atoms with Crippen molar-refractivity contribution in [3.05, 3.63) is 0 Å². The van der Waals surface area contributed by atoms with Crippen molar-refractivity contribution < 1.29 is 19.8 Å². The van der Waals surface area contributed by atoms with Gasteiger partial charge in [0, 0.05) is 6.42 Å². The molecule has 0 saturated carbocycles. The fourth-order valence-electron chi connectivity index (χ4n) is 6.99. The number of rotatable bonds is 30. The summed E-state index contributed by atoms with van der Waals surface area (Å²) < 4.78 is 0. The summed E-state index contributed by atoms with van der Waals surface area (Å²) in [5.74, 6) is 0.154. The molecular weight excluding hydrogens is 496 g/mol. The third-order valence-corrected chi connectivity index (χ3v) is 9.79. The van der Waals surface area contributed by atoms with Crippen LogP contribution in [0.1, 0.15) is 195 Å². The Kier molecular flexibility index (Phi) is 25.0. The molecule has 0 bridgehead atoms. The molecule has 0 radical (unpaired) electrons. The standard InChI is InChI=1S/C36H70O4/c1-6-11-25-31(8-3)29-36(35(39)40,30-32(9-4)26-12-7-2)33(10-5)27-23-21-19-17-15-13-14-16-18-20-22-24-28-34(37)38/h31-33H,6-30H2,1-5H3,(H,37,38)(H,39,40). The molecule has 0 fully saturated rings. The predicted octanol–water partition coefficient (Wildman–Crippen LogP) is 11.8. The molecule has 0 saturated heterocycles. The number of carboxylic acid groups (broad SMARTS) is 2. The molecule has 0 aromatic carbocycles. The summed E-state index contributed by atoms with van der Waals surface area (Å²) in [4.78, 5) is 23.8. The van der Waals surface area contributed by atoms with E-state index in [-0.39, 0.29) is 5.92 Å². The van der Waals surface area contributed by atoms with Crippen LogP contribution in [-0.4, -0.2) is 22.2 Å². The molecule has 40 heavy (non-hydrogen) atoms. The first-order chi connectivity index (χ1) is 19.3. The first kappa shape index (κ1) is 38.9. The molecule has 4 nitrogen and oxygen atoms in total. The molecule has 3 atom stereocenters. The van der Waals surface area contributed by atoms with Gasteiger partial charge < -0.3 is 10.2 Å². The van der Waals surface area contributed by atoms with E-state index < -0.39 is 17.4 Å². The number of hydrogen-bond donors (Lipinski definition) is 2. The molecule has 0 rings (SSSR count). The van der Waals surface area contributed by atoms with Crippen LogP contribution in [0.3, 0.4) is 0 Å². The van der Waals surface area contributed by atoms with E-state index in [0.717, 1.165) is 51.4 Å². The van der Waals surface area contributed by atoms with E-state index in [2.05, 4.69) is 34.6 Å². The fraction of sp³-hybridized carbons (Fsp3) is 0.944. The minimum Gasteiger partial charge on any atom is -0.481 e. The van der Waals surface area contributed by atoms with E-state index in [0.29, 0.717) is 18.3 Å². The van der Waals surface area contributed by atoms with Gasteiger partial charge in [0.15, 0.2) is 0 Å². The Bertz CT molecular complexity index is 584. The van der Waals surface area contributed by atoms with Crippen LogP contribution < -0.4 is 0 Å². The maximum Gasteiger partial charge on any atom is 0.309 e. The van der Waals surface area contributed by atoms with E-state index in [9.17, 15) is 14.7 Å². The number of unbranched alkanes of at least 4 members (excludes halogenated alkanes) is 13. The van der Waals surface area contributed by atoms with Crippen molar-refractivity contribution in [2.75, 3.05) is 0 Å². The molecule has 0 aromatic heterocycles. The van der Waals surface area contributed by atoms with Gasteiger partial charge in [0.05, 0.1) is 5.41 Å². The average Bonchev–Trinajstić information content (AvgIpc) is 2.94. The van der Waals surface area contributed by atoms with Crippen LogP contribution in [0.15, 0.2) is 0 Å². The van der Waals surface area contributed by atoms with E-state index in [4.69, 9.17) is 5.11 Å². The lowest BCUT2D eigenvalue weighted by Crippen LogP contribution is -2.42. The quantitative estimate of drug-likeness (QED) is 0.0848. The Morgan fingerprint density at radius 1 is 0.525 bits per heavy atom. The molecule has 0 spiro atoms. The van der Waals surface area contributed by atoms with E-state index in [1.165, 1.54) is 103 Å². The van der Waals surface area contributed by atoms with Crippen LogP contribution in [-0.2, 0) is 9.59 Å². The van der Waals surface area contributed by atoms with Crippen molar-refractivity contribution >= 4 is 11.9 Å². The summed E-state index contributed by atoms with van der Waals surface area (Å²) in [6.45, 7) is 11.3. The highest BCUT2D eigenvalue weighted by Crippen LogP contribution is 2.47. The van der Waals surface area contributed by atoms with E-state index in [1.807, 2.05) is 0 Å². The maximum absolute atomic E-state index is 13.2. The normalized spacial score (nSPS) is 15.4. The topological polar surface area (TPSA) is 74.6 Å². The second-order valence-electron chi connectivity index (χ2n) is 13.0.